The number of allylic oxidation sites excluding steroid dienone is 4. The molecule has 2 aromatic rings. The van der Waals surface area contributed by atoms with Crippen molar-refractivity contribution in [2.75, 3.05) is 26.9 Å². The maximum atomic E-state index is 14.1. The number of ether oxygens (including phenoxy) is 2. The van der Waals surface area contributed by atoms with Crippen molar-refractivity contribution in [1.29, 1.82) is 0 Å². The lowest BCUT2D eigenvalue weighted by molar-refractivity contribution is -0.119. The van der Waals surface area contributed by atoms with Gasteiger partial charge in [-0.3, -0.25) is 9.59 Å². The summed E-state index contributed by atoms with van der Waals surface area (Å²) in [5, 5.41) is 0.00876. The summed E-state index contributed by atoms with van der Waals surface area (Å²) in [6.45, 7) is 11.6. The van der Waals surface area contributed by atoms with Crippen LogP contribution in [0.25, 0.3) is 0 Å². The third-order valence-corrected chi connectivity index (χ3v) is 10.2. The van der Waals surface area contributed by atoms with E-state index in [9.17, 15) is 18.0 Å². The average molecular weight is 656 g/mol. The van der Waals surface area contributed by atoms with Crippen molar-refractivity contribution in [3.8, 4) is 11.5 Å². The highest BCUT2D eigenvalue weighted by Crippen LogP contribution is 2.55. The highest BCUT2D eigenvalue weighted by molar-refractivity contribution is 7.87. The fourth-order valence-electron chi connectivity index (χ4n) is 6.86. The molecule has 0 radical (unpaired) electrons. The Labute approximate surface area is 271 Å². The molecule has 45 heavy (non-hydrogen) atoms. The number of Topliss-reactive ketones (excluding diaryl/α,β-unsaturated/α-hetero) is 2. The van der Waals surface area contributed by atoms with Crippen molar-refractivity contribution >= 4 is 33.3 Å². The Morgan fingerprint density at radius 2 is 1.49 bits per heavy atom. The summed E-state index contributed by atoms with van der Waals surface area (Å²) < 4.78 is 43.2. The molecular formula is C35H42ClNO7S. The van der Waals surface area contributed by atoms with E-state index in [0.29, 0.717) is 55.5 Å². The molecule has 2 aromatic carbocycles. The standard InChI is InChI=1S/C35H42ClNO7S/c1-7-43-29-17-22(16-24(36)33(29)44-45(40,41)23-12-9-8-10-13-23)30-31-25(18-34(2,3)20-27(31)38)37(14-11-15-42-6)26-19-35(4,5)21-28(39)32(26)30/h8-10,12-13,16-17,30H,7,11,14-15,18-21H2,1-6H3. The van der Waals surface area contributed by atoms with E-state index < -0.39 is 16.0 Å². The van der Waals surface area contributed by atoms with Gasteiger partial charge in [-0.25, -0.2) is 0 Å². The first-order valence-corrected chi connectivity index (χ1v) is 17.2. The summed E-state index contributed by atoms with van der Waals surface area (Å²) in [6, 6.07) is 11.1. The van der Waals surface area contributed by atoms with E-state index in [-0.39, 0.29) is 50.4 Å². The van der Waals surface area contributed by atoms with Gasteiger partial charge < -0.3 is 18.6 Å². The van der Waals surface area contributed by atoms with Crippen LogP contribution in [0.2, 0.25) is 5.02 Å². The summed E-state index contributed by atoms with van der Waals surface area (Å²) >= 11 is 6.81. The largest absolute Gasteiger partial charge is 0.490 e. The third kappa shape index (κ3) is 6.71. The minimum atomic E-state index is -4.22. The van der Waals surface area contributed by atoms with Crippen molar-refractivity contribution in [2.45, 2.75) is 77.5 Å². The summed E-state index contributed by atoms with van der Waals surface area (Å²) in [5.74, 6) is -0.698. The van der Waals surface area contributed by atoms with Gasteiger partial charge in [-0.05, 0) is 66.8 Å². The highest BCUT2D eigenvalue weighted by Gasteiger charge is 2.49. The maximum Gasteiger partial charge on any atom is 0.339 e. The number of ketones is 2. The number of benzene rings is 2. The SMILES string of the molecule is CCOc1cc(C2C3=C(CC(C)(C)CC3=O)N(CCCOC)C3=C2C(=O)CC(C)(C)C3)cc(Cl)c1OS(=O)(=O)c1ccccc1. The topological polar surface area (TPSA) is 99.2 Å². The molecule has 0 aromatic heterocycles. The van der Waals surface area contributed by atoms with Gasteiger partial charge in [-0.1, -0.05) is 57.5 Å². The molecule has 5 rings (SSSR count). The van der Waals surface area contributed by atoms with Gasteiger partial charge in [0.15, 0.2) is 17.3 Å². The molecular weight excluding hydrogens is 614 g/mol. The Morgan fingerprint density at radius 1 is 0.911 bits per heavy atom. The molecule has 1 heterocycles. The number of rotatable bonds is 10. The molecule has 0 unspecified atom stereocenters. The van der Waals surface area contributed by atoms with Crippen LogP contribution in [0.4, 0.5) is 0 Å². The normalized spacial score (nSPS) is 19.8. The van der Waals surface area contributed by atoms with Crippen LogP contribution in [0.1, 0.15) is 78.2 Å². The van der Waals surface area contributed by atoms with Crippen molar-refractivity contribution in [1.82, 2.24) is 4.90 Å². The lowest BCUT2D eigenvalue weighted by atomic mass is 9.63. The zero-order valence-corrected chi connectivity index (χ0v) is 28.4. The van der Waals surface area contributed by atoms with Crippen LogP contribution in [-0.2, 0) is 24.4 Å². The fourth-order valence-corrected chi connectivity index (χ4v) is 8.14. The van der Waals surface area contributed by atoms with Gasteiger partial charge in [0.1, 0.15) is 4.90 Å². The third-order valence-electron chi connectivity index (χ3n) is 8.64. The van der Waals surface area contributed by atoms with Gasteiger partial charge in [-0.15, -0.1) is 0 Å². The van der Waals surface area contributed by atoms with Gasteiger partial charge in [0.2, 0.25) is 5.75 Å². The molecule has 0 bridgehead atoms. The van der Waals surface area contributed by atoms with Crippen molar-refractivity contribution in [2.24, 2.45) is 10.8 Å². The Bertz CT molecular complexity index is 1620. The molecule has 3 aliphatic rings. The number of carbonyl (C=O) groups is 2. The molecule has 0 N–H and O–H groups in total. The van der Waals surface area contributed by atoms with Crippen LogP contribution in [0.5, 0.6) is 11.5 Å². The number of nitrogens with zero attached hydrogens (tertiary/aromatic N) is 1. The van der Waals surface area contributed by atoms with E-state index in [1.807, 2.05) is 0 Å². The minimum absolute atomic E-state index is 0.00626. The zero-order chi connectivity index (χ0) is 32.7. The van der Waals surface area contributed by atoms with E-state index in [0.717, 1.165) is 17.8 Å². The zero-order valence-electron chi connectivity index (χ0n) is 26.9. The highest BCUT2D eigenvalue weighted by atomic mass is 35.5. The number of hydrogen-bond acceptors (Lipinski definition) is 8. The summed E-state index contributed by atoms with van der Waals surface area (Å²) in [7, 11) is -2.56. The quantitative estimate of drug-likeness (QED) is 0.195. The van der Waals surface area contributed by atoms with E-state index in [1.165, 1.54) is 12.1 Å². The molecule has 10 heteroatoms. The van der Waals surface area contributed by atoms with E-state index in [4.69, 9.17) is 25.3 Å². The Morgan fingerprint density at radius 3 is 2.02 bits per heavy atom. The lowest BCUT2D eigenvalue weighted by Gasteiger charge is -2.49. The first-order valence-electron chi connectivity index (χ1n) is 15.4. The number of carbonyl (C=O) groups excluding carboxylic acids is 2. The Hall–Kier alpha value is -3.14. The molecule has 8 nitrogen and oxygen atoms in total. The molecule has 0 spiro atoms. The van der Waals surface area contributed by atoms with Crippen LogP contribution in [0.3, 0.4) is 0 Å². The monoisotopic (exact) mass is 655 g/mol. The van der Waals surface area contributed by atoms with E-state index >= 15 is 0 Å². The van der Waals surface area contributed by atoms with Crippen LogP contribution >= 0.6 is 11.6 Å². The number of methoxy groups -OCH3 is 1. The summed E-state index contributed by atoms with van der Waals surface area (Å²) in [5.41, 5.74) is 3.13. The van der Waals surface area contributed by atoms with Crippen molar-refractivity contribution < 1.29 is 31.7 Å². The number of halogens is 1. The molecule has 0 fully saturated rings. The molecule has 0 saturated heterocycles. The van der Waals surface area contributed by atoms with E-state index in [2.05, 4.69) is 32.6 Å². The smallest absolute Gasteiger partial charge is 0.339 e. The maximum absolute atomic E-state index is 14.1. The Balaban J connectivity index is 1.71. The van der Waals surface area contributed by atoms with Crippen LogP contribution in [0, 0.1) is 10.8 Å². The van der Waals surface area contributed by atoms with Gasteiger partial charge in [0.25, 0.3) is 0 Å². The molecule has 2 aliphatic carbocycles. The first kappa shape index (κ1) is 33.2. The average Bonchev–Trinajstić information content (AvgIpc) is 2.94. The summed E-state index contributed by atoms with van der Waals surface area (Å²) in [6.07, 6.45) is 2.77. The van der Waals surface area contributed by atoms with Gasteiger partial charge >= 0.3 is 10.1 Å². The van der Waals surface area contributed by atoms with Crippen LogP contribution in [-0.4, -0.2) is 51.8 Å². The number of hydrogen-bond donors (Lipinski definition) is 0. The van der Waals surface area contributed by atoms with Crippen LogP contribution in [0.15, 0.2) is 69.9 Å². The second-order valence-corrected chi connectivity index (χ2v) is 15.6. The van der Waals surface area contributed by atoms with Gasteiger partial charge in [0.05, 0.1) is 11.6 Å². The fraction of sp³-hybridized carbons (Fsp3) is 0.486. The minimum Gasteiger partial charge on any atom is -0.490 e. The molecule has 0 atom stereocenters. The van der Waals surface area contributed by atoms with E-state index in [1.54, 1.807) is 44.4 Å². The van der Waals surface area contributed by atoms with Gasteiger partial charge in [-0.2, -0.15) is 8.42 Å². The second-order valence-electron chi connectivity index (χ2n) is 13.6. The summed E-state index contributed by atoms with van der Waals surface area (Å²) in [4.78, 5) is 30.4. The molecule has 1 aliphatic heterocycles. The molecule has 0 amide bonds. The van der Waals surface area contributed by atoms with Gasteiger partial charge in [0, 0.05) is 61.6 Å². The predicted molar refractivity (Wildman–Crippen MR) is 173 cm³/mol. The van der Waals surface area contributed by atoms with Crippen LogP contribution < -0.4 is 8.92 Å². The Kier molecular flexibility index (Phi) is 9.28. The van der Waals surface area contributed by atoms with Crippen molar-refractivity contribution in [3.63, 3.8) is 0 Å². The predicted octanol–water partition coefficient (Wildman–Crippen LogP) is 7.23. The van der Waals surface area contributed by atoms with Crippen molar-refractivity contribution in [3.05, 3.63) is 75.6 Å². The molecule has 0 saturated carbocycles. The second kappa shape index (κ2) is 12.6. The first-order chi connectivity index (χ1) is 21.2. The lowest BCUT2D eigenvalue weighted by Crippen LogP contribution is -2.44. The molecule has 242 valence electrons.